The molecule has 4 nitrogen and oxygen atoms in total. The maximum absolute atomic E-state index is 12.3. The molecule has 3 aliphatic rings. The molecule has 4 heteroatoms. The highest BCUT2D eigenvalue weighted by atomic mass is 16.7. The van der Waals surface area contributed by atoms with Crippen LogP contribution in [-0.4, -0.2) is 30.2 Å². The third-order valence-electron chi connectivity index (χ3n) is 3.92. The quantitative estimate of drug-likeness (QED) is 0.680. The molecule has 0 radical (unpaired) electrons. The zero-order chi connectivity index (χ0) is 11.4. The van der Waals surface area contributed by atoms with Crippen molar-refractivity contribution < 1.29 is 14.3 Å². The summed E-state index contributed by atoms with van der Waals surface area (Å²) in [6, 6.07) is 4.22. The molecule has 17 heavy (non-hydrogen) atoms. The summed E-state index contributed by atoms with van der Waals surface area (Å²) in [5.74, 6) is 1.64. The molecule has 0 bridgehead atoms. The number of ether oxygens (including phenoxy) is 2. The lowest BCUT2D eigenvalue weighted by Gasteiger charge is -2.31. The van der Waals surface area contributed by atoms with Gasteiger partial charge < -0.3 is 14.4 Å². The van der Waals surface area contributed by atoms with E-state index in [4.69, 9.17) is 9.47 Å². The van der Waals surface area contributed by atoms with Crippen LogP contribution >= 0.6 is 0 Å². The van der Waals surface area contributed by atoms with Gasteiger partial charge in [-0.3, -0.25) is 4.79 Å². The second kappa shape index (κ2) is 3.15. The predicted octanol–water partition coefficient (Wildman–Crippen LogP) is 1.58. The van der Waals surface area contributed by atoms with Gasteiger partial charge in [0.2, 0.25) is 6.79 Å². The topological polar surface area (TPSA) is 38.8 Å². The largest absolute Gasteiger partial charge is 0.454 e. The molecule has 4 rings (SSSR count). The van der Waals surface area contributed by atoms with Crippen LogP contribution in [0.2, 0.25) is 0 Å². The van der Waals surface area contributed by atoms with Crippen LogP contribution in [0.3, 0.4) is 0 Å². The Balaban J connectivity index is 1.84. The van der Waals surface area contributed by atoms with Crippen molar-refractivity contribution in [2.24, 2.45) is 0 Å². The monoisotopic (exact) mass is 231 g/mol. The standard InChI is InChI=1S/C13H13NO3/c15-13-10-6-12-11(16-7-17-12)5-8(10)4-9-2-1-3-14(9)13/h5-6,9H,1-4,7H2. The highest BCUT2D eigenvalue weighted by molar-refractivity contribution is 5.98. The summed E-state index contributed by atoms with van der Waals surface area (Å²) in [6.07, 6.45) is 3.20. The van der Waals surface area contributed by atoms with Gasteiger partial charge in [0.25, 0.3) is 5.91 Å². The van der Waals surface area contributed by atoms with E-state index < -0.39 is 0 Å². The zero-order valence-corrected chi connectivity index (χ0v) is 9.44. The van der Waals surface area contributed by atoms with Crippen LogP contribution in [0.15, 0.2) is 12.1 Å². The summed E-state index contributed by atoms with van der Waals surface area (Å²) in [4.78, 5) is 14.3. The SMILES string of the molecule is O=C1c2cc3c(cc2CC2CCCN12)OCO3. The van der Waals surface area contributed by atoms with E-state index in [9.17, 15) is 4.79 Å². The molecular formula is C13H13NO3. The molecule has 1 aromatic carbocycles. The molecule has 88 valence electrons. The van der Waals surface area contributed by atoms with Crippen LogP contribution in [-0.2, 0) is 6.42 Å². The highest BCUT2D eigenvalue weighted by Crippen LogP contribution is 2.39. The molecule has 1 saturated heterocycles. The van der Waals surface area contributed by atoms with Gasteiger partial charge in [-0.2, -0.15) is 0 Å². The van der Waals surface area contributed by atoms with Crippen molar-refractivity contribution in [2.75, 3.05) is 13.3 Å². The van der Waals surface area contributed by atoms with E-state index in [1.807, 2.05) is 17.0 Å². The van der Waals surface area contributed by atoms with Gasteiger partial charge in [0, 0.05) is 18.2 Å². The molecule has 3 aliphatic heterocycles. The second-order valence-electron chi connectivity index (χ2n) is 4.86. The molecule has 0 N–H and O–H groups in total. The van der Waals surface area contributed by atoms with Gasteiger partial charge in [0.1, 0.15) is 0 Å². The summed E-state index contributed by atoms with van der Waals surface area (Å²) in [5.41, 5.74) is 1.91. The van der Waals surface area contributed by atoms with Gasteiger partial charge in [-0.05, 0) is 37.0 Å². The van der Waals surface area contributed by atoms with Gasteiger partial charge in [0.15, 0.2) is 11.5 Å². The molecule has 0 aromatic heterocycles. The Morgan fingerprint density at radius 2 is 2.06 bits per heavy atom. The van der Waals surface area contributed by atoms with Crippen LogP contribution in [0.1, 0.15) is 28.8 Å². The van der Waals surface area contributed by atoms with E-state index >= 15 is 0 Å². The Kier molecular flexibility index (Phi) is 1.73. The van der Waals surface area contributed by atoms with Crippen molar-refractivity contribution in [1.82, 2.24) is 4.90 Å². The fourth-order valence-corrected chi connectivity index (χ4v) is 3.08. The number of rotatable bonds is 0. The molecule has 3 heterocycles. The van der Waals surface area contributed by atoms with Crippen molar-refractivity contribution in [3.8, 4) is 11.5 Å². The Labute approximate surface area is 99.1 Å². The van der Waals surface area contributed by atoms with Crippen molar-refractivity contribution >= 4 is 5.91 Å². The molecule has 1 aromatic rings. The number of carbonyl (C=O) groups excluding carboxylic acids is 1. The molecular weight excluding hydrogens is 218 g/mol. The normalized spacial score (nSPS) is 24.8. The Bertz CT molecular complexity index is 512. The van der Waals surface area contributed by atoms with Gasteiger partial charge in [-0.1, -0.05) is 0 Å². The van der Waals surface area contributed by atoms with Gasteiger partial charge >= 0.3 is 0 Å². The summed E-state index contributed by atoms with van der Waals surface area (Å²) in [5, 5.41) is 0. The van der Waals surface area contributed by atoms with Crippen molar-refractivity contribution in [3.05, 3.63) is 23.3 Å². The van der Waals surface area contributed by atoms with E-state index in [1.54, 1.807) is 0 Å². The van der Waals surface area contributed by atoms with Gasteiger partial charge in [-0.25, -0.2) is 0 Å². The first-order valence-corrected chi connectivity index (χ1v) is 6.06. The second-order valence-corrected chi connectivity index (χ2v) is 4.86. The number of hydrogen-bond acceptors (Lipinski definition) is 3. The minimum absolute atomic E-state index is 0.159. The summed E-state index contributed by atoms with van der Waals surface area (Å²) >= 11 is 0. The fraction of sp³-hybridized carbons (Fsp3) is 0.462. The number of amides is 1. The van der Waals surface area contributed by atoms with Crippen LogP contribution in [0.5, 0.6) is 11.5 Å². The number of carbonyl (C=O) groups is 1. The number of nitrogens with zero attached hydrogens (tertiary/aromatic N) is 1. The maximum Gasteiger partial charge on any atom is 0.254 e. The smallest absolute Gasteiger partial charge is 0.254 e. The Morgan fingerprint density at radius 3 is 2.94 bits per heavy atom. The van der Waals surface area contributed by atoms with E-state index in [1.165, 1.54) is 0 Å². The van der Waals surface area contributed by atoms with Crippen LogP contribution in [0.4, 0.5) is 0 Å². The van der Waals surface area contributed by atoms with Gasteiger partial charge in [0.05, 0.1) is 0 Å². The van der Waals surface area contributed by atoms with Crippen molar-refractivity contribution in [3.63, 3.8) is 0 Å². The lowest BCUT2D eigenvalue weighted by Crippen LogP contribution is -2.41. The molecule has 0 spiro atoms. The van der Waals surface area contributed by atoms with E-state index in [-0.39, 0.29) is 12.7 Å². The Hall–Kier alpha value is -1.71. The van der Waals surface area contributed by atoms with Crippen LogP contribution in [0, 0.1) is 0 Å². The molecule has 1 unspecified atom stereocenters. The van der Waals surface area contributed by atoms with Gasteiger partial charge in [-0.15, -0.1) is 0 Å². The molecule has 0 saturated carbocycles. The third kappa shape index (κ3) is 1.21. The minimum Gasteiger partial charge on any atom is -0.454 e. The highest BCUT2D eigenvalue weighted by Gasteiger charge is 2.36. The number of hydrogen-bond donors (Lipinski definition) is 0. The van der Waals surface area contributed by atoms with E-state index in [0.717, 1.165) is 42.7 Å². The average Bonchev–Trinajstić information content (AvgIpc) is 2.94. The summed E-state index contributed by atoms with van der Waals surface area (Å²) in [6.45, 7) is 1.16. The van der Waals surface area contributed by atoms with Crippen molar-refractivity contribution in [2.45, 2.75) is 25.3 Å². The summed E-state index contributed by atoms with van der Waals surface area (Å²) < 4.78 is 10.7. The number of fused-ring (bicyclic) bond motifs is 3. The molecule has 1 fully saturated rings. The third-order valence-corrected chi connectivity index (χ3v) is 3.92. The van der Waals surface area contributed by atoms with E-state index in [0.29, 0.717) is 11.8 Å². The molecule has 1 atom stereocenters. The summed E-state index contributed by atoms with van der Waals surface area (Å²) in [7, 11) is 0. The lowest BCUT2D eigenvalue weighted by atomic mass is 9.93. The van der Waals surface area contributed by atoms with Crippen LogP contribution in [0.25, 0.3) is 0 Å². The first kappa shape index (κ1) is 9.33. The first-order chi connectivity index (χ1) is 8.33. The molecule has 1 amide bonds. The van der Waals surface area contributed by atoms with Crippen LogP contribution < -0.4 is 9.47 Å². The predicted molar refractivity (Wildman–Crippen MR) is 60.3 cm³/mol. The first-order valence-electron chi connectivity index (χ1n) is 6.06. The molecule has 0 aliphatic carbocycles. The lowest BCUT2D eigenvalue weighted by molar-refractivity contribution is 0.0714. The Morgan fingerprint density at radius 1 is 1.24 bits per heavy atom. The minimum atomic E-state index is 0.159. The fourth-order valence-electron chi connectivity index (χ4n) is 3.08. The number of benzene rings is 1. The maximum atomic E-state index is 12.3. The van der Waals surface area contributed by atoms with Crippen molar-refractivity contribution in [1.29, 1.82) is 0 Å². The zero-order valence-electron chi connectivity index (χ0n) is 9.44. The van der Waals surface area contributed by atoms with E-state index in [2.05, 4.69) is 0 Å². The average molecular weight is 231 g/mol.